The normalized spacial score (nSPS) is 9.35. The van der Waals surface area contributed by atoms with Crippen molar-refractivity contribution in [3.63, 3.8) is 0 Å². The molecule has 0 rings (SSSR count). The fraction of sp³-hybridized carbons (Fsp3) is 0.625. The van der Waals surface area contributed by atoms with Crippen molar-refractivity contribution in [3.05, 3.63) is 0 Å². The Kier molecular flexibility index (Phi) is 13.8. The van der Waals surface area contributed by atoms with Gasteiger partial charge in [0.2, 0.25) is 0 Å². The van der Waals surface area contributed by atoms with E-state index in [-0.39, 0.29) is 44.3 Å². The van der Waals surface area contributed by atoms with Crippen LogP contribution in [0.4, 0.5) is 0 Å². The number of hydrogen-bond acceptors (Lipinski definition) is 5. The molecule has 0 bridgehead atoms. The fourth-order valence-electron chi connectivity index (χ4n) is 0.714. The second-order valence-corrected chi connectivity index (χ2v) is 2.79. The summed E-state index contributed by atoms with van der Waals surface area (Å²) in [4.78, 5) is 30.5. The molecule has 17 heavy (non-hydrogen) atoms. The molecule has 0 saturated heterocycles. The maximum absolute atomic E-state index is 10.3. The molecule has 0 radical (unpaired) electrons. The first-order valence-electron chi connectivity index (χ1n) is 4.19. The van der Waals surface area contributed by atoms with Crippen molar-refractivity contribution in [2.75, 3.05) is 6.61 Å². The number of rotatable bonds is 5. The Morgan fingerprint density at radius 1 is 1.00 bits per heavy atom. The van der Waals surface area contributed by atoms with E-state index in [4.69, 9.17) is 25.5 Å². The van der Waals surface area contributed by atoms with E-state index in [9.17, 15) is 14.4 Å². The van der Waals surface area contributed by atoms with Crippen LogP contribution in [0.25, 0.3) is 0 Å². The van der Waals surface area contributed by atoms with Crippen LogP contribution >= 0.6 is 0 Å². The number of aliphatic hydroxyl groups is 2. The monoisotopic (exact) mass is 280 g/mol. The van der Waals surface area contributed by atoms with Gasteiger partial charge in [-0.15, -0.1) is 0 Å². The standard InChI is InChI=1S/C6H8O7.C2H6O.Ca.2H/c7-3(8)1-6(13,5(11)12)2-4(9)10;1-2-3;;;/h13H,1-2H2,(H,7,8)(H,9,10)(H,11,12);3H,2H2,1H3;;;. The molecule has 0 aliphatic rings. The Morgan fingerprint density at radius 3 is 1.35 bits per heavy atom. The van der Waals surface area contributed by atoms with Crippen LogP contribution < -0.4 is 0 Å². The predicted molar refractivity (Wildman–Crippen MR) is 58.4 cm³/mol. The molecule has 5 N–H and O–H groups in total. The topological polar surface area (TPSA) is 152 Å². The molecule has 0 spiro atoms. The Hall–Kier alpha value is -0.410. The quantitative estimate of drug-likeness (QED) is 0.357. The van der Waals surface area contributed by atoms with Crippen molar-refractivity contribution in [2.24, 2.45) is 0 Å². The first kappa shape index (κ1) is 21.8. The zero-order chi connectivity index (χ0) is 13.4. The molecule has 0 aromatic heterocycles. The van der Waals surface area contributed by atoms with Crippen LogP contribution in [0.2, 0.25) is 0 Å². The first-order valence-corrected chi connectivity index (χ1v) is 4.19. The summed E-state index contributed by atoms with van der Waals surface area (Å²) in [6.45, 7) is 1.93. The molecular weight excluding hydrogens is 264 g/mol. The SMILES string of the molecule is CCO.O=C(O)CC(O)(CC(=O)O)C(=O)O.[CaH2]. The molecule has 0 heterocycles. The molecule has 9 heteroatoms. The summed E-state index contributed by atoms with van der Waals surface area (Å²) in [7, 11) is 0. The summed E-state index contributed by atoms with van der Waals surface area (Å²) in [5.41, 5.74) is -2.74. The summed E-state index contributed by atoms with van der Waals surface area (Å²) in [5.74, 6) is -5.02. The van der Waals surface area contributed by atoms with E-state index in [0.717, 1.165) is 0 Å². The van der Waals surface area contributed by atoms with E-state index in [2.05, 4.69) is 0 Å². The molecule has 0 saturated carbocycles. The molecule has 0 unspecified atom stereocenters. The Morgan fingerprint density at radius 2 is 1.24 bits per heavy atom. The van der Waals surface area contributed by atoms with Gasteiger partial charge in [-0.25, -0.2) is 4.79 Å². The van der Waals surface area contributed by atoms with Crippen molar-refractivity contribution in [2.45, 2.75) is 25.4 Å². The predicted octanol–water partition coefficient (Wildman–Crippen LogP) is -2.17. The molecule has 0 atom stereocenters. The number of carbonyl (C=O) groups is 3. The molecule has 0 aromatic carbocycles. The van der Waals surface area contributed by atoms with E-state index in [1.54, 1.807) is 6.92 Å². The van der Waals surface area contributed by atoms with Crippen LogP contribution in [-0.4, -0.2) is 93.4 Å². The van der Waals surface area contributed by atoms with Gasteiger partial charge in [0.1, 0.15) is 0 Å². The van der Waals surface area contributed by atoms with E-state index >= 15 is 0 Å². The fourth-order valence-corrected chi connectivity index (χ4v) is 0.714. The Labute approximate surface area is 127 Å². The van der Waals surface area contributed by atoms with Crippen LogP contribution in [0.1, 0.15) is 19.8 Å². The third-order valence-corrected chi connectivity index (χ3v) is 1.29. The van der Waals surface area contributed by atoms with Crippen molar-refractivity contribution >= 4 is 55.6 Å². The molecule has 8 nitrogen and oxygen atoms in total. The average molecular weight is 280 g/mol. The van der Waals surface area contributed by atoms with E-state index in [0.29, 0.717) is 0 Å². The van der Waals surface area contributed by atoms with E-state index in [1.165, 1.54) is 0 Å². The van der Waals surface area contributed by atoms with Crippen LogP contribution in [0.15, 0.2) is 0 Å². The van der Waals surface area contributed by atoms with Gasteiger partial charge < -0.3 is 25.5 Å². The third-order valence-electron chi connectivity index (χ3n) is 1.29. The van der Waals surface area contributed by atoms with E-state index < -0.39 is 36.4 Å². The van der Waals surface area contributed by atoms with Crippen LogP contribution in [0.3, 0.4) is 0 Å². The van der Waals surface area contributed by atoms with Gasteiger partial charge in [-0.2, -0.15) is 0 Å². The number of carboxylic acids is 3. The summed E-state index contributed by atoms with van der Waals surface area (Å²) in [6, 6.07) is 0. The minimum atomic E-state index is -2.74. The summed E-state index contributed by atoms with van der Waals surface area (Å²) >= 11 is 0. The second-order valence-electron chi connectivity index (χ2n) is 2.79. The van der Waals surface area contributed by atoms with Crippen LogP contribution in [-0.2, 0) is 14.4 Å². The number of aliphatic carboxylic acids is 3. The molecule has 0 fully saturated rings. The van der Waals surface area contributed by atoms with Gasteiger partial charge >= 0.3 is 55.6 Å². The minimum absolute atomic E-state index is 0. The summed E-state index contributed by atoms with van der Waals surface area (Å²) in [6.07, 6.45) is -2.29. The average Bonchev–Trinajstić information content (AvgIpc) is 2.01. The number of carboxylic acid groups (broad SMARTS) is 3. The molecule has 0 aliphatic carbocycles. The number of aliphatic hydroxyl groups excluding tert-OH is 1. The van der Waals surface area contributed by atoms with Gasteiger partial charge in [-0.3, -0.25) is 9.59 Å². The summed E-state index contributed by atoms with van der Waals surface area (Å²) in [5, 5.41) is 41.4. The molecule has 0 aromatic rings. The van der Waals surface area contributed by atoms with Crippen LogP contribution in [0, 0.1) is 0 Å². The number of hydrogen-bond donors (Lipinski definition) is 5. The van der Waals surface area contributed by atoms with Gasteiger partial charge in [0, 0.05) is 6.61 Å². The van der Waals surface area contributed by atoms with Crippen molar-refractivity contribution in [3.8, 4) is 0 Å². The maximum atomic E-state index is 10.3. The Bertz CT molecular complexity index is 248. The first-order chi connectivity index (χ1) is 7.19. The van der Waals surface area contributed by atoms with Crippen molar-refractivity contribution < 1.29 is 39.9 Å². The third kappa shape index (κ3) is 11.8. The van der Waals surface area contributed by atoms with Gasteiger partial charge in [0.25, 0.3) is 0 Å². The Balaban J connectivity index is -0.000000440. The zero-order valence-corrected chi connectivity index (χ0v) is 8.58. The van der Waals surface area contributed by atoms with Gasteiger partial charge in [-0.05, 0) is 6.92 Å². The van der Waals surface area contributed by atoms with Crippen LogP contribution in [0.5, 0.6) is 0 Å². The molecule has 0 amide bonds. The zero-order valence-electron chi connectivity index (χ0n) is 8.58. The second kappa shape index (κ2) is 10.7. The summed E-state index contributed by atoms with van der Waals surface area (Å²) < 4.78 is 0. The van der Waals surface area contributed by atoms with E-state index in [1.807, 2.05) is 0 Å². The van der Waals surface area contributed by atoms with Gasteiger partial charge in [0.05, 0.1) is 12.8 Å². The van der Waals surface area contributed by atoms with Crippen molar-refractivity contribution in [1.82, 2.24) is 0 Å². The van der Waals surface area contributed by atoms with Gasteiger partial charge in [0.15, 0.2) is 5.60 Å². The molecule has 98 valence electrons. The molecular formula is C8H16CaO8. The van der Waals surface area contributed by atoms with Crippen molar-refractivity contribution in [1.29, 1.82) is 0 Å². The molecule has 0 aliphatic heterocycles. The van der Waals surface area contributed by atoms with Gasteiger partial charge in [-0.1, -0.05) is 0 Å².